The minimum absolute atomic E-state index is 0.0239. The maximum Gasteiger partial charge on any atom is 0.207 e. The first kappa shape index (κ1) is 17.8. The van der Waals surface area contributed by atoms with Gasteiger partial charge in [0.05, 0.1) is 19.0 Å². The molecule has 4 rings (SSSR count). The third-order valence-corrected chi connectivity index (χ3v) is 4.88. The standard InChI is InChI=1S/C21H19F3O3/c1-3-25-16-7-6-12-8-14-9-15(13-5-4-11(2)26-10-13)17(22)19(24)21(14)27-20(12)18(16)23/h6-7,9-11H,3-5,8H2,1-2H3. The van der Waals surface area contributed by atoms with Gasteiger partial charge >= 0.3 is 0 Å². The van der Waals surface area contributed by atoms with Crippen LogP contribution in [0.25, 0.3) is 5.57 Å². The first-order valence-electron chi connectivity index (χ1n) is 8.97. The van der Waals surface area contributed by atoms with Crippen LogP contribution in [0.1, 0.15) is 43.4 Å². The smallest absolute Gasteiger partial charge is 0.207 e. The molecule has 0 fully saturated rings. The van der Waals surface area contributed by atoms with Crippen molar-refractivity contribution in [2.24, 2.45) is 0 Å². The van der Waals surface area contributed by atoms with Crippen LogP contribution >= 0.6 is 0 Å². The Kier molecular flexibility index (Phi) is 4.50. The Hall–Kier alpha value is -2.63. The summed E-state index contributed by atoms with van der Waals surface area (Å²) in [5.74, 6) is -3.20. The quantitative estimate of drug-likeness (QED) is 0.583. The predicted molar refractivity (Wildman–Crippen MR) is 94.6 cm³/mol. The summed E-state index contributed by atoms with van der Waals surface area (Å²) in [6, 6.07) is 4.76. The van der Waals surface area contributed by atoms with Crippen molar-refractivity contribution >= 4 is 5.57 Å². The van der Waals surface area contributed by atoms with Crippen LogP contribution in [0.3, 0.4) is 0 Å². The molecule has 3 nitrogen and oxygen atoms in total. The average molecular weight is 376 g/mol. The monoisotopic (exact) mass is 376 g/mol. The molecule has 0 N–H and O–H groups in total. The van der Waals surface area contributed by atoms with E-state index >= 15 is 0 Å². The molecule has 0 saturated carbocycles. The highest BCUT2D eigenvalue weighted by atomic mass is 19.2. The summed E-state index contributed by atoms with van der Waals surface area (Å²) < 4.78 is 60.1. The zero-order valence-corrected chi connectivity index (χ0v) is 15.1. The summed E-state index contributed by atoms with van der Waals surface area (Å²) in [4.78, 5) is 0. The first-order valence-corrected chi connectivity index (χ1v) is 8.97. The Bertz CT molecular complexity index is 937. The Morgan fingerprint density at radius 2 is 1.85 bits per heavy atom. The second kappa shape index (κ2) is 6.83. The van der Waals surface area contributed by atoms with Gasteiger partial charge in [0.1, 0.15) is 0 Å². The number of halogens is 3. The van der Waals surface area contributed by atoms with Crippen molar-refractivity contribution in [2.45, 2.75) is 39.2 Å². The maximum absolute atomic E-state index is 14.7. The summed E-state index contributed by atoms with van der Waals surface area (Å²) in [5.41, 5.74) is 1.80. The van der Waals surface area contributed by atoms with Crippen molar-refractivity contribution in [1.82, 2.24) is 0 Å². The van der Waals surface area contributed by atoms with Crippen LogP contribution in [0.2, 0.25) is 0 Å². The third-order valence-electron chi connectivity index (χ3n) is 4.88. The number of fused-ring (bicyclic) bond motifs is 2. The van der Waals surface area contributed by atoms with Crippen LogP contribution < -0.4 is 9.47 Å². The molecule has 6 heteroatoms. The fourth-order valence-electron chi connectivity index (χ4n) is 3.42. The predicted octanol–water partition coefficient (Wildman–Crippen LogP) is 5.74. The van der Waals surface area contributed by atoms with Gasteiger partial charge in [0.25, 0.3) is 0 Å². The minimum atomic E-state index is -1.12. The van der Waals surface area contributed by atoms with Crippen LogP contribution in [0.5, 0.6) is 17.2 Å². The normalized spacial score (nSPS) is 18.0. The highest BCUT2D eigenvalue weighted by Crippen LogP contribution is 2.44. The molecule has 2 aromatic rings. The molecular weight excluding hydrogens is 357 g/mol. The topological polar surface area (TPSA) is 27.7 Å². The van der Waals surface area contributed by atoms with Crippen molar-refractivity contribution < 1.29 is 27.4 Å². The lowest BCUT2D eigenvalue weighted by Crippen LogP contribution is -2.13. The molecular formula is C21H19F3O3. The summed E-state index contributed by atoms with van der Waals surface area (Å²) in [7, 11) is 0. The van der Waals surface area contributed by atoms with Gasteiger partial charge in [-0.2, -0.15) is 8.78 Å². The SMILES string of the molecule is CCOc1ccc2c(c1F)Oc1c(cc(C3=COC(C)CC3)c(F)c1F)C2. The van der Waals surface area contributed by atoms with E-state index in [9.17, 15) is 13.2 Å². The zero-order chi connectivity index (χ0) is 19.1. The van der Waals surface area contributed by atoms with Crippen LogP contribution in [0.4, 0.5) is 13.2 Å². The maximum atomic E-state index is 14.7. The molecule has 2 aromatic carbocycles. The molecule has 2 aliphatic heterocycles. The van der Waals surface area contributed by atoms with E-state index in [4.69, 9.17) is 14.2 Å². The van der Waals surface area contributed by atoms with Gasteiger partial charge in [0.2, 0.25) is 11.6 Å². The number of allylic oxidation sites excluding steroid dienone is 1. The Labute approximate surface area is 155 Å². The lowest BCUT2D eigenvalue weighted by atomic mass is 9.92. The third kappa shape index (κ3) is 3.03. The molecule has 0 saturated heterocycles. The highest BCUT2D eigenvalue weighted by molar-refractivity contribution is 5.69. The van der Waals surface area contributed by atoms with Crippen LogP contribution in [-0.4, -0.2) is 12.7 Å². The summed E-state index contributed by atoms with van der Waals surface area (Å²) >= 11 is 0. The van der Waals surface area contributed by atoms with Gasteiger partial charge in [0.15, 0.2) is 23.1 Å². The van der Waals surface area contributed by atoms with Crippen molar-refractivity contribution in [2.75, 3.05) is 6.61 Å². The van der Waals surface area contributed by atoms with Gasteiger partial charge in [0, 0.05) is 23.1 Å². The molecule has 0 radical (unpaired) electrons. The van der Waals surface area contributed by atoms with Gasteiger partial charge in [-0.05, 0) is 44.4 Å². The first-order chi connectivity index (χ1) is 13.0. The summed E-state index contributed by atoms with van der Waals surface area (Å²) in [6.07, 6.45) is 3.11. The second-order valence-corrected chi connectivity index (χ2v) is 6.75. The molecule has 0 amide bonds. The highest BCUT2D eigenvalue weighted by Gasteiger charge is 2.30. The minimum Gasteiger partial charge on any atom is -0.498 e. The van der Waals surface area contributed by atoms with E-state index in [0.717, 1.165) is 6.42 Å². The van der Waals surface area contributed by atoms with Crippen LogP contribution in [0, 0.1) is 17.5 Å². The van der Waals surface area contributed by atoms with Gasteiger partial charge in [-0.1, -0.05) is 6.07 Å². The molecule has 0 aromatic heterocycles. The number of ether oxygens (including phenoxy) is 3. The van der Waals surface area contributed by atoms with Crippen LogP contribution in [-0.2, 0) is 11.2 Å². The molecule has 1 atom stereocenters. The van der Waals surface area contributed by atoms with Crippen molar-refractivity contribution in [1.29, 1.82) is 0 Å². The van der Waals surface area contributed by atoms with E-state index in [-0.39, 0.29) is 41.9 Å². The molecule has 2 aliphatic rings. The second-order valence-electron chi connectivity index (χ2n) is 6.75. The largest absolute Gasteiger partial charge is 0.498 e. The van der Waals surface area contributed by atoms with E-state index in [1.807, 2.05) is 6.92 Å². The Balaban J connectivity index is 1.76. The number of hydrogen-bond donors (Lipinski definition) is 0. The van der Waals surface area contributed by atoms with E-state index in [1.165, 1.54) is 12.3 Å². The van der Waals surface area contributed by atoms with Gasteiger partial charge < -0.3 is 14.2 Å². The number of benzene rings is 2. The molecule has 0 aliphatic carbocycles. The molecule has 0 spiro atoms. The summed E-state index contributed by atoms with van der Waals surface area (Å²) in [6.45, 7) is 3.94. The molecule has 142 valence electrons. The fraction of sp³-hybridized carbons (Fsp3) is 0.333. The van der Waals surface area contributed by atoms with Gasteiger partial charge in [-0.3, -0.25) is 0 Å². The molecule has 2 heterocycles. The van der Waals surface area contributed by atoms with Crippen LogP contribution in [0.15, 0.2) is 24.5 Å². The fourth-order valence-corrected chi connectivity index (χ4v) is 3.42. The average Bonchev–Trinajstić information content (AvgIpc) is 2.67. The van der Waals surface area contributed by atoms with Crippen molar-refractivity contribution in [3.8, 4) is 17.2 Å². The van der Waals surface area contributed by atoms with Crippen molar-refractivity contribution in [3.05, 3.63) is 58.6 Å². The van der Waals surface area contributed by atoms with E-state index in [0.29, 0.717) is 23.1 Å². The molecule has 27 heavy (non-hydrogen) atoms. The van der Waals surface area contributed by atoms with E-state index in [2.05, 4.69) is 0 Å². The lowest BCUT2D eigenvalue weighted by Gasteiger charge is -2.25. The Morgan fingerprint density at radius 3 is 2.56 bits per heavy atom. The lowest BCUT2D eigenvalue weighted by molar-refractivity contribution is 0.144. The molecule has 0 bridgehead atoms. The van der Waals surface area contributed by atoms with Gasteiger partial charge in [-0.15, -0.1) is 0 Å². The van der Waals surface area contributed by atoms with E-state index in [1.54, 1.807) is 19.1 Å². The van der Waals surface area contributed by atoms with E-state index < -0.39 is 17.5 Å². The summed E-state index contributed by atoms with van der Waals surface area (Å²) in [5, 5.41) is 0. The number of rotatable bonds is 3. The van der Waals surface area contributed by atoms with Gasteiger partial charge in [-0.25, -0.2) is 4.39 Å². The molecule has 1 unspecified atom stereocenters. The number of hydrogen-bond acceptors (Lipinski definition) is 3. The van der Waals surface area contributed by atoms with Crippen molar-refractivity contribution in [3.63, 3.8) is 0 Å². The Morgan fingerprint density at radius 1 is 1.07 bits per heavy atom. The zero-order valence-electron chi connectivity index (χ0n) is 15.1.